The maximum atomic E-state index is 14.2. The van der Waals surface area contributed by atoms with Crippen LogP contribution in [0.25, 0.3) is 11.3 Å². The summed E-state index contributed by atoms with van der Waals surface area (Å²) in [6.45, 7) is 0. The van der Waals surface area contributed by atoms with E-state index in [2.05, 4.69) is 10.2 Å². The third-order valence-electron chi connectivity index (χ3n) is 7.26. The Morgan fingerprint density at radius 3 is 2.48 bits per heavy atom. The maximum absolute atomic E-state index is 14.2. The van der Waals surface area contributed by atoms with Crippen LogP contribution in [-0.2, 0) is 5.60 Å². The van der Waals surface area contributed by atoms with Crippen molar-refractivity contribution in [3.63, 3.8) is 0 Å². The second kappa shape index (κ2) is 4.19. The molecule has 0 aliphatic heterocycles. The zero-order valence-electron chi connectivity index (χ0n) is 14.2. The topological polar surface area (TPSA) is 35.0 Å². The Kier molecular flexibility index (Phi) is 2.21. The van der Waals surface area contributed by atoms with E-state index in [0.29, 0.717) is 17.8 Å². The number of rotatable bonds is 3. The van der Waals surface area contributed by atoms with Crippen molar-refractivity contribution < 1.29 is 13.5 Å². The molecule has 4 unspecified atom stereocenters. The molecule has 0 bridgehead atoms. The predicted molar refractivity (Wildman–Crippen MR) is 92.9 cm³/mol. The molecule has 7 rings (SSSR count). The molecule has 0 radical (unpaired) electrons. The smallest absolute Gasteiger partial charge is 0.160 e. The third kappa shape index (κ3) is 1.37. The Morgan fingerprint density at radius 1 is 0.963 bits per heavy atom. The van der Waals surface area contributed by atoms with Crippen LogP contribution in [0.1, 0.15) is 23.6 Å². The number of hydrogen-bond donors (Lipinski definition) is 0. The number of aromatic nitrogens is 2. The van der Waals surface area contributed by atoms with E-state index in [-0.39, 0.29) is 16.7 Å². The van der Waals surface area contributed by atoms with Crippen molar-refractivity contribution >= 4 is 0 Å². The molecule has 5 heteroatoms. The molecule has 4 aliphatic carbocycles. The van der Waals surface area contributed by atoms with Crippen LogP contribution in [0.3, 0.4) is 0 Å². The van der Waals surface area contributed by atoms with Crippen molar-refractivity contribution in [3.05, 3.63) is 77.5 Å². The standard InChI is InChI=1S/C22H14F2N2O/c23-14-7-4-8-15(24)17(14)16-9-12-18-19-13-10-21(22(13,18)19,20(12)26-25-16)27-11-5-2-1-3-6-11/h1-9,13,18-19H,10H2/t13?,18-,19?,21?,22?/m1/s1. The Balaban J connectivity index is 1.37. The van der Waals surface area contributed by atoms with Crippen molar-refractivity contribution in [1.82, 2.24) is 10.2 Å². The molecule has 1 aromatic heterocycles. The summed E-state index contributed by atoms with van der Waals surface area (Å²) in [5, 5.41) is 8.65. The van der Waals surface area contributed by atoms with Gasteiger partial charge in [0.1, 0.15) is 23.1 Å². The second-order valence-electron chi connectivity index (χ2n) is 8.12. The van der Waals surface area contributed by atoms with Crippen molar-refractivity contribution in [2.75, 3.05) is 0 Å². The highest BCUT2D eigenvalue weighted by Gasteiger charge is 3.04. The number of ether oxygens (including phenoxy) is 1. The van der Waals surface area contributed by atoms with Gasteiger partial charge in [-0.05, 0) is 54.2 Å². The summed E-state index contributed by atoms with van der Waals surface area (Å²) in [5.74, 6) is 1.35. The molecule has 3 aromatic rings. The molecule has 3 fully saturated rings. The fourth-order valence-electron chi connectivity index (χ4n) is 6.20. The van der Waals surface area contributed by atoms with Crippen LogP contribution < -0.4 is 4.74 Å². The maximum Gasteiger partial charge on any atom is 0.160 e. The molecule has 3 saturated carbocycles. The van der Waals surface area contributed by atoms with Crippen molar-refractivity contribution in [3.8, 4) is 17.0 Å². The van der Waals surface area contributed by atoms with Crippen LogP contribution >= 0.6 is 0 Å². The minimum atomic E-state index is -0.613. The lowest BCUT2D eigenvalue weighted by molar-refractivity contribution is -0.0712. The Labute approximate surface area is 154 Å². The van der Waals surface area contributed by atoms with E-state index in [4.69, 9.17) is 4.74 Å². The zero-order chi connectivity index (χ0) is 18.0. The highest BCUT2D eigenvalue weighted by Crippen LogP contribution is 3.04. The highest BCUT2D eigenvalue weighted by molar-refractivity contribution is 5.69. The number of para-hydroxylation sites is 1. The van der Waals surface area contributed by atoms with Gasteiger partial charge in [0.2, 0.25) is 0 Å². The van der Waals surface area contributed by atoms with E-state index in [0.717, 1.165) is 23.4 Å². The average molecular weight is 360 g/mol. The Bertz CT molecular complexity index is 1130. The van der Waals surface area contributed by atoms with Gasteiger partial charge in [0.25, 0.3) is 0 Å². The lowest BCUT2D eigenvalue weighted by Gasteiger charge is -2.43. The van der Waals surface area contributed by atoms with Crippen LogP contribution in [0.5, 0.6) is 5.75 Å². The number of fused-ring (bicyclic) bond motifs is 5. The SMILES string of the molecule is Fc1cccc(F)c1-c1cc2c(nn1)C1(Oc3ccccc3)CC3C4[C@@H]2C341. The normalized spacial score (nSPS) is 35.6. The molecular weight excluding hydrogens is 346 g/mol. The van der Waals surface area contributed by atoms with E-state index >= 15 is 0 Å². The molecule has 0 amide bonds. The van der Waals surface area contributed by atoms with Gasteiger partial charge in [0, 0.05) is 11.3 Å². The number of hydrogen-bond acceptors (Lipinski definition) is 3. The van der Waals surface area contributed by atoms with Gasteiger partial charge in [0.05, 0.1) is 11.3 Å². The first-order valence-corrected chi connectivity index (χ1v) is 9.25. The van der Waals surface area contributed by atoms with E-state index in [9.17, 15) is 8.78 Å². The first-order valence-electron chi connectivity index (χ1n) is 9.25. The van der Waals surface area contributed by atoms with Crippen LogP contribution in [0.4, 0.5) is 8.78 Å². The summed E-state index contributed by atoms with van der Waals surface area (Å²) in [5.41, 5.74) is 1.84. The van der Waals surface area contributed by atoms with Gasteiger partial charge in [-0.25, -0.2) is 8.78 Å². The molecule has 1 heterocycles. The molecule has 27 heavy (non-hydrogen) atoms. The number of benzene rings is 2. The minimum Gasteiger partial charge on any atom is -0.480 e. The van der Waals surface area contributed by atoms with Crippen LogP contribution in [-0.4, -0.2) is 10.2 Å². The molecule has 132 valence electrons. The van der Waals surface area contributed by atoms with E-state index in [1.165, 1.54) is 18.2 Å². The fraction of sp³-hybridized carbons (Fsp3) is 0.273. The molecule has 1 spiro atoms. The summed E-state index contributed by atoms with van der Waals surface area (Å²) in [6, 6.07) is 15.5. The summed E-state index contributed by atoms with van der Waals surface area (Å²) in [6.07, 6.45) is 0.956. The van der Waals surface area contributed by atoms with Gasteiger partial charge in [-0.15, -0.1) is 5.10 Å². The highest BCUT2D eigenvalue weighted by atomic mass is 19.1. The van der Waals surface area contributed by atoms with Crippen molar-refractivity contribution in [2.24, 2.45) is 17.3 Å². The van der Waals surface area contributed by atoms with Gasteiger partial charge in [-0.2, -0.15) is 5.10 Å². The third-order valence-corrected chi connectivity index (χ3v) is 7.26. The number of nitrogens with zero attached hydrogens (tertiary/aromatic N) is 2. The zero-order valence-corrected chi connectivity index (χ0v) is 14.2. The quantitative estimate of drug-likeness (QED) is 0.692. The molecule has 4 aliphatic rings. The summed E-state index contributed by atoms with van der Waals surface area (Å²) >= 11 is 0. The molecule has 3 nitrogen and oxygen atoms in total. The fourth-order valence-corrected chi connectivity index (χ4v) is 6.20. The van der Waals surface area contributed by atoms with Gasteiger partial charge >= 0.3 is 0 Å². The van der Waals surface area contributed by atoms with Crippen LogP contribution in [0.15, 0.2) is 54.6 Å². The van der Waals surface area contributed by atoms with Gasteiger partial charge < -0.3 is 4.74 Å². The molecule has 2 aromatic carbocycles. The average Bonchev–Trinajstić information content (AvgIpc) is 3.51. The van der Waals surface area contributed by atoms with Gasteiger partial charge in [-0.3, -0.25) is 0 Å². The predicted octanol–water partition coefficient (Wildman–Crippen LogP) is 4.44. The van der Waals surface area contributed by atoms with Crippen molar-refractivity contribution in [2.45, 2.75) is 17.9 Å². The summed E-state index contributed by atoms with van der Waals surface area (Å²) in [4.78, 5) is 0. The molecule has 5 atom stereocenters. The Hall–Kier alpha value is -2.82. The largest absolute Gasteiger partial charge is 0.480 e. The minimum absolute atomic E-state index is 0.103. The second-order valence-corrected chi connectivity index (χ2v) is 8.12. The van der Waals surface area contributed by atoms with Crippen molar-refractivity contribution in [1.29, 1.82) is 0 Å². The first kappa shape index (κ1) is 14.3. The molecular formula is C22H14F2N2O. The molecule has 0 N–H and O–H groups in total. The lowest BCUT2D eigenvalue weighted by atomic mass is 9.70. The van der Waals surface area contributed by atoms with E-state index < -0.39 is 17.2 Å². The van der Waals surface area contributed by atoms with E-state index in [1.54, 1.807) is 0 Å². The summed E-state index contributed by atoms with van der Waals surface area (Å²) in [7, 11) is 0. The Morgan fingerprint density at radius 2 is 1.74 bits per heavy atom. The van der Waals surface area contributed by atoms with E-state index in [1.807, 2.05) is 36.4 Å². The number of halogens is 2. The lowest BCUT2D eigenvalue weighted by Crippen LogP contribution is -2.47. The summed E-state index contributed by atoms with van der Waals surface area (Å²) < 4.78 is 34.9. The van der Waals surface area contributed by atoms with Crippen LogP contribution in [0, 0.1) is 28.9 Å². The van der Waals surface area contributed by atoms with Gasteiger partial charge in [-0.1, -0.05) is 24.3 Å². The monoisotopic (exact) mass is 360 g/mol. The van der Waals surface area contributed by atoms with Crippen LogP contribution in [0.2, 0.25) is 0 Å². The molecule has 0 saturated heterocycles. The first-order chi connectivity index (χ1) is 13.2. The van der Waals surface area contributed by atoms with Gasteiger partial charge in [0.15, 0.2) is 5.60 Å².